The first-order valence-electron chi connectivity index (χ1n) is 9.20. The van der Waals surface area contributed by atoms with Gasteiger partial charge >= 0.3 is 0 Å². The molecule has 0 bridgehead atoms. The van der Waals surface area contributed by atoms with E-state index in [1.54, 1.807) is 23.0 Å². The lowest BCUT2D eigenvalue weighted by molar-refractivity contribution is 0.0759. The van der Waals surface area contributed by atoms with E-state index in [1.165, 1.54) is 18.3 Å². The summed E-state index contributed by atoms with van der Waals surface area (Å²) in [5, 5.41) is 4.22. The van der Waals surface area contributed by atoms with Gasteiger partial charge in [-0.25, -0.2) is 8.42 Å². The Bertz CT molecular complexity index is 1080. The minimum atomic E-state index is -3.72. The van der Waals surface area contributed by atoms with E-state index in [2.05, 4.69) is 9.82 Å². The molecule has 152 valence electrons. The number of benzene rings is 2. The number of rotatable bonds is 7. The van der Waals surface area contributed by atoms with Crippen molar-refractivity contribution in [3.8, 4) is 17.2 Å². The Balaban J connectivity index is 1.40. The molecule has 0 fully saturated rings. The van der Waals surface area contributed by atoms with E-state index in [9.17, 15) is 8.42 Å². The summed E-state index contributed by atoms with van der Waals surface area (Å²) in [5.74, 6) is 2.02. The largest absolute Gasteiger partial charge is 0.494 e. The van der Waals surface area contributed by atoms with Gasteiger partial charge in [-0.3, -0.25) is 9.40 Å². The van der Waals surface area contributed by atoms with Crippen LogP contribution in [-0.4, -0.2) is 37.5 Å². The van der Waals surface area contributed by atoms with E-state index < -0.39 is 10.0 Å². The fourth-order valence-corrected chi connectivity index (χ4v) is 4.00. The monoisotopic (exact) mass is 415 g/mol. The van der Waals surface area contributed by atoms with Crippen molar-refractivity contribution in [3.63, 3.8) is 0 Å². The molecule has 1 aliphatic heterocycles. The van der Waals surface area contributed by atoms with Gasteiger partial charge in [-0.2, -0.15) is 5.10 Å². The van der Waals surface area contributed by atoms with Crippen LogP contribution in [0.15, 0.2) is 65.8 Å². The van der Waals surface area contributed by atoms with Crippen LogP contribution in [0.4, 0.5) is 5.69 Å². The minimum absolute atomic E-state index is 0.148. The first-order valence-corrected chi connectivity index (χ1v) is 10.7. The number of ether oxygens (including phenoxy) is 3. The summed E-state index contributed by atoms with van der Waals surface area (Å²) in [7, 11) is -3.72. The van der Waals surface area contributed by atoms with Gasteiger partial charge in [0.25, 0.3) is 10.0 Å². The summed E-state index contributed by atoms with van der Waals surface area (Å²) in [4.78, 5) is 0.148. The predicted molar refractivity (Wildman–Crippen MR) is 107 cm³/mol. The van der Waals surface area contributed by atoms with E-state index in [-0.39, 0.29) is 11.0 Å². The zero-order valence-electron chi connectivity index (χ0n) is 15.8. The molecule has 1 aromatic heterocycles. The Hall–Kier alpha value is -3.20. The number of nitrogens with zero attached hydrogens (tertiary/aromatic N) is 2. The molecule has 3 aromatic rings. The molecule has 1 N–H and O–H groups in total. The Labute approximate surface area is 169 Å². The maximum absolute atomic E-state index is 12.6. The third-order valence-corrected chi connectivity index (χ3v) is 5.69. The van der Waals surface area contributed by atoms with Crippen LogP contribution in [0.25, 0.3) is 0 Å². The van der Waals surface area contributed by atoms with Crippen LogP contribution in [0.5, 0.6) is 17.2 Å². The summed E-state index contributed by atoms with van der Waals surface area (Å²) in [6.07, 6.45) is 2.86. The molecule has 4 rings (SSSR count). The van der Waals surface area contributed by atoms with Gasteiger partial charge in [0, 0.05) is 6.20 Å². The van der Waals surface area contributed by atoms with E-state index in [1.807, 2.05) is 31.2 Å². The first kappa shape index (κ1) is 19.1. The lowest BCUT2D eigenvalue weighted by Crippen LogP contribution is -2.33. The average Bonchev–Trinajstić information content (AvgIpc) is 3.14. The highest BCUT2D eigenvalue weighted by Gasteiger charge is 2.22. The quantitative estimate of drug-likeness (QED) is 0.638. The van der Waals surface area contributed by atoms with Crippen molar-refractivity contribution in [1.82, 2.24) is 9.78 Å². The third kappa shape index (κ3) is 4.45. The molecule has 2 heterocycles. The number of sulfonamides is 1. The van der Waals surface area contributed by atoms with Gasteiger partial charge < -0.3 is 14.2 Å². The zero-order valence-corrected chi connectivity index (χ0v) is 16.6. The van der Waals surface area contributed by atoms with Gasteiger partial charge in [-0.1, -0.05) is 12.1 Å². The molecule has 1 aliphatic rings. The second-order valence-electron chi connectivity index (χ2n) is 6.46. The minimum Gasteiger partial charge on any atom is -0.494 e. The van der Waals surface area contributed by atoms with Crippen LogP contribution >= 0.6 is 0 Å². The topological polar surface area (TPSA) is 91.7 Å². The standard InChI is InChI=1S/C20H21N3O5S/c1-2-26-16-7-9-18(10-8-16)29(24,25)22-15-11-21-23(12-15)13-17-14-27-19-5-3-4-6-20(19)28-17/h3-12,17,22H,2,13-14H2,1H3. The molecule has 0 radical (unpaired) electrons. The molecule has 8 nitrogen and oxygen atoms in total. The Morgan fingerprint density at radius 1 is 1.17 bits per heavy atom. The molecule has 0 spiro atoms. The number of hydrogen-bond acceptors (Lipinski definition) is 6. The molecule has 0 saturated carbocycles. The number of para-hydroxylation sites is 2. The van der Waals surface area contributed by atoms with Crippen molar-refractivity contribution in [3.05, 3.63) is 60.9 Å². The number of anilines is 1. The van der Waals surface area contributed by atoms with E-state index in [4.69, 9.17) is 14.2 Å². The maximum Gasteiger partial charge on any atom is 0.261 e. The highest BCUT2D eigenvalue weighted by Crippen LogP contribution is 2.31. The van der Waals surface area contributed by atoms with Crippen LogP contribution in [0.2, 0.25) is 0 Å². The van der Waals surface area contributed by atoms with E-state index in [0.29, 0.717) is 42.7 Å². The number of nitrogens with one attached hydrogen (secondary N) is 1. The molecule has 0 aliphatic carbocycles. The molecule has 1 atom stereocenters. The highest BCUT2D eigenvalue weighted by atomic mass is 32.2. The van der Waals surface area contributed by atoms with Gasteiger partial charge in [0.2, 0.25) is 0 Å². The molecule has 1 unspecified atom stereocenters. The van der Waals surface area contributed by atoms with Crippen LogP contribution in [0, 0.1) is 0 Å². The lowest BCUT2D eigenvalue weighted by Gasteiger charge is -2.26. The Kier molecular flexibility index (Phi) is 5.30. The van der Waals surface area contributed by atoms with Gasteiger partial charge in [0.15, 0.2) is 17.6 Å². The molecule has 2 aromatic carbocycles. The normalized spacial score (nSPS) is 15.7. The van der Waals surface area contributed by atoms with Crippen LogP contribution in [0.1, 0.15) is 6.92 Å². The molecular formula is C20H21N3O5S. The van der Waals surface area contributed by atoms with Gasteiger partial charge in [-0.05, 0) is 43.3 Å². The van der Waals surface area contributed by atoms with Gasteiger partial charge in [-0.15, -0.1) is 0 Å². The molecule has 0 saturated heterocycles. The van der Waals surface area contributed by atoms with Gasteiger partial charge in [0.05, 0.1) is 29.9 Å². The summed E-state index contributed by atoms with van der Waals surface area (Å²) < 4.78 is 46.2. The lowest BCUT2D eigenvalue weighted by atomic mass is 10.2. The average molecular weight is 415 g/mol. The van der Waals surface area contributed by atoms with Crippen molar-refractivity contribution in [2.75, 3.05) is 17.9 Å². The summed E-state index contributed by atoms with van der Waals surface area (Å²) in [6, 6.07) is 13.7. The zero-order chi connectivity index (χ0) is 20.3. The Morgan fingerprint density at radius 2 is 1.93 bits per heavy atom. The number of hydrogen-bond donors (Lipinski definition) is 1. The maximum atomic E-state index is 12.6. The summed E-state index contributed by atoms with van der Waals surface area (Å²) in [5.41, 5.74) is 0.371. The number of fused-ring (bicyclic) bond motifs is 1. The van der Waals surface area contributed by atoms with Crippen molar-refractivity contribution in [1.29, 1.82) is 0 Å². The van der Waals surface area contributed by atoms with Crippen molar-refractivity contribution in [2.45, 2.75) is 24.5 Å². The molecule has 0 amide bonds. The summed E-state index contributed by atoms with van der Waals surface area (Å²) >= 11 is 0. The molecular weight excluding hydrogens is 394 g/mol. The highest BCUT2D eigenvalue weighted by molar-refractivity contribution is 7.92. The second-order valence-corrected chi connectivity index (χ2v) is 8.14. The van der Waals surface area contributed by atoms with Crippen molar-refractivity contribution >= 4 is 15.7 Å². The molecule has 29 heavy (non-hydrogen) atoms. The van der Waals surface area contributed by atoms with Crippen LogP contribution in [-0.2, 0) is 16.6 Å². The van der Waals surface area contributed by atoms with Crippen molar-refractivity contribution < 1.29 is 22.6 Å². The fourth-order valence-electron chi connectivity index (χ4n) is 2.97. The molecule has 9 heteroatoms. The second kappa shape index (κ2) is 8.04. The summed E-state index contributed by atoms with van der Waals surface area (Å²) in [6.45, 7) is 3.21. The number of aromatic nitrogens is 2. The van der Waals surface area contributed by atoms with Crippen LogP contribution in [0.3, 0.4) is 0 Å². The smallest absolute Gasteiger partial charge is 0.261 e. The van der Waals surface area contributed by atoms with E-state index in [0.717, 1.165) is 0 Å². The SMILES string of the molecule is CCOc1ccc(S(=O)(=O)Nc2cnn(CC3COc4ccccc4O3)c2)cc1. The van der Waals surface area contributed by atoms with Crippen LogP contribution < -0.4 is 18.9 Å². The van der Waals surface area contributed by atoms with Crippen molar-refractivity contribution in [2.24, 2.45) is 0 Å². The van der Waals surface area contributed by atoms with Gasteiger partial charge in [0.1, 0.15) is 12.4 Å². The first-order chi connectivity index (χ1) is 14.0. The Morgan fingerprint density at radius 3 is 2.69 bits per heavy atom. The predicted octanol–water partition coefficient (Wildman–Crippen LogP) is 2.92. The fraction of sp³-hybridized carbons (Fsp3) is 0.250. The third-order valence-electron chi connectivity index (χ3n) is 4.29. The van der Waals surface area contributed by atoms with E-state index >= 15 is 0 Å².